The highest BCUT2D eigenvalue weighted by atomic mass is 16.4. The lowest BCUT2D eigenvalue weighted by Crippen LogP contribution is -2.37. The van der Waals surface area contributed by atoms with E-state index in [1.54, 1.807) is 0 Å². The minimum atomic E-state index is -0.754. The lowest BCUT2D eigenvalue weighted by Gasteiger charge is -2.28. The maximum atomic E-state index is 11.7. The molecular weight excluding hydrogens is 234 g/mol. The largest absolute Gasteiger partial charge is 0.481 e. The molecule has 3 N–H and O–H groups in total. The van der Waals surface area contributed by atoms with Crippen LogP contribution in [0.25, 0.3) is 0 Å². The molecule has 6 heteroatoms. The van der Waals surface area contributed by atoms with Crippen LogP contribution >= 0.6 is 0 Å². The molecule has 0 radical (unpaired) electrons. The summed E-state index contributed by atoms with van der Waals surface area (Å²) in [5, 5.41) is 11.9. The highest BCUT2D eigenvalue weighted by Gasteiger charge is 2.30. The maximum absolute atomic E-state index is 11.7. The molecule has 6 nitrogen and oxygen atoms in total. The fourth-order valence-electron chi connectivity index (χ4n) is 2.48. The average Bonchev–Trinajstić information content (AvgIpc) is 2.90. The lowest BCUT2D eigenvalue weighted by molar-refractivity contribution is -0.144. The fourth-order valence-corrected chi connectivity index (χ4v) is 2.48. The number of imidazole rings is 1. The second-order valence-electron chi connectivity index (χ2n) is 4.66. The predicted octanol–water partition coefficient (Wildman–Crippen LogP) is 1.03. The van der Waals surface area contributed by atoms with E-state index in [4.69, 9.17) is 5.11 Å². The number of aliphatic carboxylic acids is 1. The number of nitrogens with one attached hydrogen (secondary N) is 2. The number of carbonyl (C=O) groups is 2. The number of carbonyl (C=O) groups excluding carboxylic acids is 1. The van der Waals surface area contributed by atoms with E-state index in [2.05, 4.69) is 15.3 Å². The first-order valence-corrected chi connectivity index (χ1v) is 6.18. The molecule has 1 heterocycles. The van der Waals surface area contributed by atoms with Crippen molar-refractivity contribution in [3.63, 3.8) is 0 Å². The van der Waals surface area contributed by atoms with Crippen molar-refractivity contribution in [2.24, 2.45) is 11.8 Å². The van der Waals surface area contributed by atoms with Gasteiger partial charge in [-0.3, -0.25) is 9.59 Å². The zero-order valence-corrected chi connectivity index (χ0v) is 10.1. The molecule has 0 saturated heterocycles. The third kappa shape index (κ3) is 2.88. The van der Waals surface area contributed by atoms with E-state index in [1.807, 2.05) is 0 Å². The summed E-state index contributed by atoms with van der Waals surface area (Å²) in [6.07, 6.45) is 6.46. The summed E-state index contributed by atoms with van der Waals surface area (Å²) >= 11 is 0. The summed E-state index contributed by atoms with van der Waals surface area (Å²) in [7, 11) is 0. The molecule has 18 heavy (non-hydrogen) atoms. The van der Waals surface area contributed by atoms with Gasteiger partial charge in [-0.2, -0.15) is 0 Å². The summed E-state index contributed by atoms with van der Waals surface area (Å²) < 4.78 is 0. The van der Waals surface area contributed by atoms with E-state index in [9.17, 15) is 9.59 Å². The van der Waals surface area contributed by atoms with E-state index in [0.717, 1.165) is 19.3 Å². The number of carboxylic acids is 1. The molecule has 1 aliphatic rings. The van der Waals surface area contributed by atoms with Gasteiger partial charge in [0.05, 0.1) is 18.4 Å². The molecule has 1 aliphatic carbocycles. The van der Waals surface area contributed by atoms with Crippen molar-refractivity contribution in [1.29, 1.82) is 0 Å². The van der Waals surface area contributed by atoms with Crippen LogP contribution in [0.15, 0.2) is 12.5 Å². The van der Waals surface area contributed by atoms with Gasteiger partial charge < -0.3 is 15.4 Å². The molecule has 1 saturated carbocycles. The number of aromatic nitrogens is 2. The van der Waals surface area contributed by atoms with Crippen LogP contribution in [0, 0.1) is 11.8 Å². The molecule has 0 aromatic carbocycles. The summed E-state index contributed by atoms with van der Waals surface area (Å²) in [5.74, 6) is -1.29. The Labute approximate surface area is 105 Å². The topological polar surface area (TPSA) is 95.1 Å². The van der Waals surface area contributed by atoms with Gasteiger partial charge >= 0.3 is 5.97 Å². The van der Waals surface area contributed by atoms with Crippen LogP contribution in [0.4, 0.5) is 0 Å². The number of nitrogens with zero attached hydrogens (tertiary/aromatic N) is 1. The molecule has 98 valence electrons. The Kier molecular flexibility index (Phi) is 3.96. The SMILES string of the molecule is O=C(NCC1CCCCC1C(=O)O)c1cnc[nH]1. The van der Waals surface area contributed by atoms with Crippen LogP contribution in [0.5, 0.6) is 0 Å². The Balaban J connectivity index is 1.88. The van der Waals surface area contributed by atoms with E-state index in [1.165, 1.54) is 12.5 Å². The van der Waals surface area contributed by atoms with Gasteiger partial charge in [0, 0.05) is 6.54 Å². The Hall–Kier alpha value is -1.85. The molecule has 2 atom stereocenters. The van der Waals surface area contributed by atoms with Crippen molar-refractivity contribution in [1.82, 2.24) is 15.3 Å². The van der Waals surface area contributed by atoms with Crippen LogP contribution in [-0.4, -0.2) is 33.5 Å². The second kappa shape index (κ2) is 5.66. The molecular formula is C12H17N3O3. The fraction of sp³-hybridized carbons (Fsp3) is 0.583. The number of hydrogen-bond donors (Lipinski definition) is 3. The van der Waals surface area contributed by atoms with Crippen LogP contribution < -0.4 is 5.32 Å². The Bertz CT molecular complexity index is 416. The van der Waals surface area contributed by atoms with Gasteiger partial charge in [0.25, 0.3) is 5.91 Å². The minimum absolute atomic E-state index is 0.0307. The first-order valence-electron chi connectivity index (χ1n) is 6.18. The van der Waals surface area contributed by atoms with Gasteiger partial charge in [-0.25, -0.2) is 4.98 Å². The van der Waals surface area contributed by atoms with Crippen molar-refractivity contribution in [3.8, 4) is 0 Å². The molecule has 2 rings (SSSR count). The Morgan fingerprint density at radius 3 is 2.89 bits per heavy atom. The number of carboxylic acid groups (broad SMARTS) is 1. The van der Waals surface area contributed by atoms with Crippen molar-refractivity contribution >= 4 is 11.9 Å². The van der Waals surface area contributed by atoms with Crippen LogP contribution in [0.2, 0.25) is 0 Å². The monoisotopic (exact) mass is 251 g/mol. The van der Waals surface area contributed by atoms with E-state index < -0.39 is 5.97 Å². The highest BCUT2D eigenvalue weighted by Crippen LogP contribution is 2.29. The van der Waals surface area contributed by atoms with Gasteiger partial charge in [0.1, 0.15) is 5.69 Å². The minimum Gasteiger partial charge on any atom is -0.481 e. The first kappa shape index (κ1) is 12.6. The molecule has 1 aromatic heterocycles. The molecule has 0 aliphatic heterocycles. The number of amides is 1. The lowest BCUT2D eigenvalue weighted by atomic mass is 9.79. The van der Waals surface area contributed by atoms with Gasteiger partial charge in [-0.1, -0.05) is 12.8 Å². The summed E-state index contributed by atoms with van der Waals surface area (Å²) in [4.78, 5) is 29.3. The van der Waals surface area contributed by atoms with E-state index >= 15 is 0 Å². The highest BCUT2D eigenvalue weighted by molar-refractivity contribution is 5.91. The molecule has 0 bridgehead atoms. The number of hydrogen-bond acceptors (Lipinski definition) is 3. The molecule has 2 unspecified atom stereocenters. The van der Waals surface area contributed by atoms with E-state index in [0.29, 0.717) is 18.7 Å². The maximum Gasteiger partial charge on any atom is 0.306 e. The van der Waals surface area contributed by atoms with Gasteiger partial charge in [0.15, 0.2) is 0 Å². The second-order valence-corrected chi connectivity index (χ2v) is 4.66. The third-order valence-electron chi connectivity index (χ3n) is 3.49. The third-order valence-corrected chi connectivity index (χ3v) is 3.49. The first-order chi connectivity index (χ1) is 8.68. The standard InChI is InChI=1S/C12H17N3O3/c16-11(10-6-13-7-15-10)14-5-8-3-1-2-4-9(8)12(17)18/h6-9H,1-5H2,(H,13,15)(H,14,16)(H,17,18). The zero-order chi connectivity index (χ0) is 13.0. The Morgan fingerprint density at radius 2 is 2.22 bits per heavy atom. The summed E-state index contributed by atoms with van der Waals surface area (Å²) in [6.45, 7) is 0.412. The van der Waals surface area contributed by atoms with Crippen LogP contribution in [-0.2, 0) is 4.79 Å². The zero-order valence-electron chi connectivity index (χ0n) is 10.1. The number of H-pyrrole nitrogens is 1. The van der Waals surface area contributed by atoms with Gasteiger partial charge in [-0.15, -0.1) is 0 Å². The number of rotatable bonds is 4. The van der Waals surface area contributed by atoms with Crippen molar-refractivity contribution < 1.29 is 14.7 Å². The normalized spacial score (nSPS) is 23.6. The smallest absolute Gasteiger partial charge is 0.306 e. The van der Waals surface area contributed by atoms with Gasteiger partial charge in [0.2, 0.25) is 0 Å². The van der Waals surface area contributed by atoms with Crippen LogP contribution in [0.3, 0.4) is 0 Å². The molecule has 1 aromatic rings. The molecule has 1 fully saturated rings. The van der Waals surface area contributed by atoms with Crippen molar-refractivity contribution in [3.05, 3.63) is 18.2 Å². The van der Waals surface area contributed by atoms with Gasteiger partial charge in [-0.05, 0) is 18.8 Å². The Morgan fingerprint density at radius 1 is 1.44 bits per heavy atom. The summed E-state index contributed by atoms with van der Waals surface area (Å²) in [5.41, 5.74) is 0.401. The van der Waals surface area contributed by atoms with Crippen LogP contribution in [0.1, 0.15) is 36.2 Å². The number of aromatic amines is 1. The van der Waals surface area contributed by atoms with Crippen molar-refractivity contribution in [2.75, 3.05) is 6.54 Å². The molecule has 1 amide bonds. The van der Waals surface area contributed by atoms with Crippen molar-refractivity contribution in [2.45, 2.75) is 25.7 Å². The van der Waals surface area contributed by atoms with E-state index in [-0.39, 0.29) is 17.7 Å². The predicted molar refractivity (Wildman–Crippen MR) is 64.0 cm³/mol. The quantitative estimate of drug-likeness (QED) is 0.744. The molecule has 0 spiro atoms. The average molecular weight is 251 g/mol. The summed E-state index contributed by atoms with van der Waals surface area (Å²) in [6, 6.07) is 0.